The molecule has 1 aromatic heterocycles. The number of imidazole rings is 1. The van der Waals surface area contributed by atoms with Crippen LogP contribution in [0.5, 0.6) is 0 Å². The molecule has 1 saturated carbocycles. The molecule has 2 aromatic rings. The maximum absolute atomic E-state index is 11.5. The minimum atomic E-state index is -0.869. The summed E-state index contributed by atoms with van der Waals surface area (Å²) in [7, 11) is 0. The normalized spacial score (nSPS) is 16.3. The minimum absolute atomic E-state index is 0.363. The van der Waals surface area contributed by atoms with E-state index in [0.29, 0.717) is 11.0 Å². The molecule has 1 heterocycles. The van der Waals surface area contributed by atoms with E-state index in [1.807, 2.05) is 6.07 Å². The lowest BCUT2D eigenvalue weighted by Crippen LogP contribution is -2.15. The van der Waals surface area contributed by atoms with Crippen LogP contribution in [-0.2, 0) is 13.0 Å². The van der Waals surface area contributed by atoms with Crippen LogP contribution in [-0.4, -0.2) is 20.6 Å². The Hall–Kier alpha value is -1.84. The zero-order valence-corrected chi connectivity index (χ0v) is 12.7. The van der Waals surface area contributed by atoms with Gasteiger partial charge in [0.05, 0.1) is 16.6 Å². The average Bonchev–Trinajstić information content (AvgIpc) is 3.17. The number of aromatic nitrogens is 2. The van der Waals surface area contributed by atoms with Gasteiger partial charge in [-0.1, -0.05) is 19.9 Å². The Balaban J connectivity index is 2.17. The Morgan fingerprint density at radius 2 is 2.14 bits per heavy atom. The van der Waals surface area contributed by atoms with Crippen LogP contribution in [0.1, 0.15) is 55.7 Å². The molecule has 21 heavy (non-hydrogen) atoms. The summed E-state index contributed by atoms with van der Waals surface area (Å²) in [4.78, 5) is 16.2. The van der Waals surface area contributed by atoms with E-state index in [-0.39, 0.29) is 0 Å². The summed E-state index contributed by atoms with van der Waals surface area (Å²) in [5.74, 6) is 0.159. The fourth-order valence-corrected chi connectivity index (χ4v) is 3.13. The number of aromatic carboxylic acids is 1. The lowest BCUT2D eigenvalue weighted by Gasteiger charge is -2.17. The summed E-state index contributed by atoms with van der Waals surface area (Å²) < 4.78 is 2.18. The van der Waals surface area contributed by atoms with Crippen molar-refractivity contribution in [1.29, 1.82) is 0 Å². The molecule has 4 nitrogen and oxygen atoms in total. The fourth-order valence-electron chi connectivity index (χ4n) is 3.13. The number of para-hydroxylation sites is 1. The number of fused-ring (bicyclic) bond motifs is 1. The van der Waals surface area contributed by atoms with Gasteiger partial charge in [-0.3, -0.25) is 0 Å². The van der Waals surface area contributed by atoms with Gasteiger partial charge in [-0.15, -0.1) is 0 Å². The van der Waals surface area contributed by atoms with Gasteiger partial charge in [0.2, 0.25) is 0 Å². The van der Waals surface area contributed by atoms with Crippen LogP contribution in [0.2, 0.25) is 0 Å². The third-order valence-corrected chi connectivity index (χ3v) is 4.75. The number of rotatable bonds is 6. The number of aryl methyl sites for hydroxylation is 1. The first kappa shape index (κ1) is 14.1. The number of benzene rings is 1. The number of carboxylic acids is 1. The Kier molecular flexibility index (Phi) is 3.47. The summed E-state index contributed by atoms with van der Waals surface area (Å²) >= 11 is 0. The van der Waals surface area contributed by atoms with Crippen LogP contribution in [0.3, 0.4) is 0 Å². The van der Waals surface area contributed by atoms with E-state index in [0.717, 1.165) is 42.7 Å². The van der Waals surface area contributed by atoms with Crippen molar-refractivity contribution < 1.29 is 9.90 Å². The molecule has 1 N–H and O–H groups in total. The third kappa shape index (κ3) is 2.43. The highest BCUT2D eigenvalue weighted by Gasteiger charge is 2.41. The molecule has 0 amide bonds. The molecule has 0 aliphatic heterocycles. The van der Waals surface area contributed by atoms with E-state index in [9.17, 15) is 9.90 Å². The largest absolute Gasteiger partial charge is 0.478 e. The smallest absolute Gasteiger partial charge is 0.337 e. The second-order valence-corrected chi connectivity index (χ2v) is 6.20. The van der Waals surface area contributed by atoms with Gasteiger partial charge in [-0.25, -0.2) is 9.78 Å². The summed E-state index contributed by atoms with van der Waals surface area (Å²) in [5, 5.41) is 9.48. The predicted molar refractivity (Wildman–Crippen MR) is 82.6 cm³/mol. The van der Waals surface area contributed by atoms with Crippen LogP contribution in [0.15, 0.2) is 18.2 Å². The molecule has 0 radical (unpaired) electrons. The SMILES string of the molecule is CCCc1nc2cccc(C(=O)O)c2n1CC1(CC)CC1. The van der Waals surface area contributed by atoms with E-state index < -0.39 is 5.97 Å². The van der Waals surface area contributed by atoms with Gasteiger partial charge in [0.1, 0.15) is 5.82 Å². The van der Waals surface area contributed by atoms with Crippen molar-refractivity contribution in [1.82, 2.24) is 9.55 Å². The van der Waals surface area contributed by atoms with Crippen molar-refractivity contribution in [2.24, 2.45) is 5.41 Å². The second-order valence-electron chi connectivity index (χ2n) is 6.20. The van der Waals surface area contributed by atoms with Gasteiger partial charge in [0.25, 0.3) is 0 Å². The van der Waals surface area contributed by atoms with Crippen LogP contribution >= 0.6 is 0 Å². The first-order chi connectivity index (χ1) is 10.1. The van der Waals surface area contributed by atoms with Crippen LogP contribution < -0.4 is 0 Å². The summed E-state index contributed by atoms with van der Waals surface area (Å²) in [6.45, 7) is 5.26. The van der Waals surface area contributed by atoms with Gasteiger partial charge >= 0.3 is 5.97 Å². The maximum atomic E-state index is 11.5. The van der Waals surface area contributed by atoms with Crippen molar-refractivity contribution in [3.05, 3.63) is 29.6 Å². The van der Waals surface area contributed by atoms with Gasteiger partial charge < -0.3 is 9.67 Å². The fraction of sp³-hybridized carbons (Fsp3) is 0.529. The Bertz CT molecular complexity index is 683. The summed E-state index contributed by atoms with van der Waals surface area (Å²) in [5.41, 5.74) is 2.34. The molecule has 0 atom stereocenters. The zero-order valence-electron chi connectivity index (χ0n) is 12.7. The summed E-state index contributed by atoms with van der Waals surface area (Å²) in [6.07, 6.45) is 5.54. The van der Waals surface area contributed by atoms with Crippen molar-refractivity contribution in [3.63, 3.8) is 0 Å². The quantitative estimate of drug-likeness (QED) is 0.876. The van der Waals surface area contributed by atoms with Crippen molar-refractivity contribution in [3.8, 4) is 0 Å². The van der Waals surface area contributed by atoms with Gasteiger partial charge in [-0.05, 0) is 43.2 Å². The van der Waals surface area contributed by atoms with Gasteiger partial charge in [0, 0.05) is 13.0 Å². The molecule has 3 rings (SSSR count). The highest BCUT2D eigenvalue weighted by atomic mass is 16.4. The molecule has 0 bridgehead atoms. The Morgan fingerprint density at radius 3 is 2.71 bits per heavy atom. The molecule has 1 fully saturated rings. The lowest BCUT2D eigenvalue weighted by atomic mass is 10.0. The number of carboxylic acid groups (broad SMARTS) is 1. The third-order valence-electron chi connectivity index (χ3n) is 4.75. The molecule has 0 saturated heterocycles. The van der Waals surface area contributed by atoms with E-state index in [2.05, 4.69) is 18.4 Å². The highest BCUT2D eigenvalue weighted by Crippen LogP contribution is 2.50. The van der Waals surface area contributed by atoms with Crippen LogP contribution in [0.25, 0.3) is 11.0 Å². The monoisotopic (exact) mass is 286 g/mol. The molecule has 4 heteroatoms. The standard InChI is InChI=1S/C17H22N2O2/c1-3-6-14-18-13-8-5-7-12(16(20)21)15(13)19(14)11-17(4-2)9-10-17/h5,7-8H,3-4,6,9-11H2,1-2H3,(H,20,21). The average molecular weight is 286 g/mol. The molecule has 0 unspecified atom stereocenters. The number of nitrogens with zero attached hydrogens (tertiary/aromatic N) is 2. The van der Waals surface area contributed by atoms with Crippen LogP contribution in [0.4, 0.5) is 0 Å². The van der Waals surface area contributed by atoms with E-state index in [4.69, 9.17) is 4.98 Å². The molecular weight excluding hydrogens is 264 g/mol. The summed E-state index contributed by atoms with van der Waals surface area (Å²) in [6, 6.07) is 5.39. The second kappa shape index (κ2) is 5.17. The molecule has 112 valence electrons. The maximum Gasteiger partial charge on any atom is 0.337 e. The highest BCUT2D eigenvalue weighted by molar-refractivity contribution is 6.01. The van der Waals surface area contributed by atoms with Crippen LogP contribution in [0, 0.1) is 5.41 Å². The van der Waals surface area contributed by atoms with Gasteiger partial charge in [-0.2, -0.15) is 0 Å². The molecule has 0 spiro atoms. The Morgan fingerprint density at radius 1 is 1.38 bits per heavy atom. The first-order valence-corrected chi connectivity index (χ1v) is 7.81. The van der Waals surface area contributed by atoms with E-state index in [1.54, 1.807) is 12.1 Å². The predicted octanol–water partition coefficient (Wildman–Crippen LogP) is 3.88. The van der Waals surface area contributed by atoms with Crippen molar-refractivity contribution >= 4 is 17.0 Å². The number of hydrogen-bond donors (Lipinski definition) is 1. The minimum Gasteiger partial charge on any atom is -0.478 e. The molecule has 1 aromatic carbocycles. The topological polar surface area (TPSA) is 55.1 Å². The van der Waals surface area contributed by atoms with Crippen molar-refractivity contribution in [2.75, 3.05) is 0 Å². The molecule has 1 aliphatic carbocycles. The van der Waals surface area contributed by atoms with E-state index in [1.165, 1.54) is 12.8 Å². The number of hydrogen-bond acceptors (Lipinski definition) is 2. The Labute approximate surface area is 124 Å². The van der Waals surface area contributed by atoms with Gasteiger partial charge in [0.15, 0.2) is 0 Å². The van der Waals surface area contributed by atoms with E-state index >= 15 is 0 Å². The lowest BCUT2D eigenvalue weighted by molar-refractivity contribution is 0.0698. The van der Waals surface area contributed by atoms with Crippen molar-refractivity contribution in [2.45, 2.75) is 52.5 Å². The zero-order chi connectivity index (χ0) is 15.0. The molecular formula is C17H22N2O2. The number of carbonyl (C=O) groups is 1. The molecule has 1 aliphatic rings. The first-order valence-electron chi connectivity index (χ1n) is 7.81.